The highest BCUT2D eigenvalue weighted by Gasteiger charge is 2.17. The van der Waals surface area contributed by atoms with Crippen molar-refractivity contribution in [3.05, 3.63) is 35.9 Å². The first-order valence-electron chi connectivity index (χ1n) is 7.02. The van der Waals surface area contributed by atoms with E-state index in [1.54, 1.807) is 0 Å². The van der Waals surface area contributed by atoms with Crippen molar-refractivity contribution >= 4 is 0 Å². The third kappa shape index (κ3) is 4.41. The van der Waals surface area contributed by atoms with Gasteiger partial charge in [-0.15, -0.1) is 0 Å². The molecule has 18 heavy (non-hydrogen) atoms. The van der Waals surface area contributed by atoms with Crippen LogP contribution in [0.1, 0.15) is 12.0 Å². The van der Waals surface area contributed by atoms with Crippen molar-refractivity contribution in [3.63, 3.8) is 0 Å². The van der Waals surface area contributed by atoms with Gasteiger partial charge in [-0.3, -0.25) is 0 Å². The molecule has 2 N–H and O–H groups in total. The zero-order valence-corrected chi connectivity index (χ0v) is 11.4. The van der Waals surface area contributed by atoms with Gasteiger partial charge in [-0.1, -0.05) is 30.3 Å². The van der Waals surface area contributed by atoms with Crippen LogP contribution in [-0.4, -0.2) is 50.7 Å². The predicted molar refractivity (Wildman–Crippen MR) is 76.9 cm³/mol. The molecule has 0 aliphatic carbocycles. The van der Waals surface area contributed by atoms with Gasteiger partial charge in [-0.25, -0.2) is 0 Å². The van der Waals surface area contributed by atoms with Crippen LogP contribution >= 0.6 is 0 Å². The summed E-state index contributed by atoms with van der Waals surface area (Å²) >= 11 is 0. The van der Waals surface area contributed by atoms with E-state index < -0.39 is 0 Å². The molecule has 0 aromatic heterocycles. The molecular weight excluding hydrogens is 222 g/mol. The van der Waals surface area contributed by atoms with Gasteiger partial charge in [0.15, 0.2) is 0 Å². The number of rotatable bonds is 6. The summed E-state index contributed by atoms with van der Waals surface area (Å²) in [5, 5.41) is 7.01. The lowest BCUT2D eigenvalue weighted by molar-refractivity contribution is 0.190. The van der Waals surface area contributed by atoms with Crippen LogP contribution in [0.5, 0.6) is 0 Å². The van der Waals surface area contributed by atoms with E-state index in [4.69, 9.17) is 0 Å². The maximum Gasteiger partial charge on any atom is 0.0230 e. The fourth-order valence-corrected chi connectivity index (χ4v) is 2.46. The van der Waals surface area contributed by atoms with Crippen LogP contribution in [-0.2, 0) is 6.42 Å². The molecule has 0 bridgehead atoms. The minimum absolute atomic E-state index is 0.697. The number of piperazine rings is 1. The Bertz CT molecular complexity index is 326. The summed E-state index contributed by atoms with van der Waals surface area (Å²) in [4.78, 5) is 2.47. The van der Waals surface area contributed by atoms with Crippen molar-refractivity contribution in [2.45, 2.75) is 18.9 Å². The molecule has 3 nitrogen and oxygen atoms in total. The minimum atomic E-state index is 0.697. The molecule has 1 heterocycles. The second kappa shape index (κ2) is 7.52. The van der Waals surface area contributed by atoms with Gasteiger partial charge in [0.2, 0.25) is 0 Å². The van der Waals surface area contributed by atoms with Crippen molar-refractivity contribution < 1.29 is 0 Å². The summed E-state index contributed by atoms with van der Waals surface area (Å²) in [5.74, 6) is 0. The Hall–Kier alpha value is -0.900. The van der Waals surface area contributed by atoms with E-state index in [0.717, 1.165) is 32.6 Å². The van der Waals surface area contributed by atoms with E-state index >= 15 is 0 Å². The zero-order valence-electron chi connectivity index (χ0n) is 11.4. The quantitative estimate of drug-likeness (QED) is 0.738. The van der Waals surface area contributed by atoms with E-state index in [2.05, 4.69) is 52.9 Å². The minimum Gasteiger partial charge on any atom is -0.316 e. The van der Waals surface area contributed by atoms with Crippen LogP contribution in [0.4, 0.5) is 0 Å². The standard InChI is InChI=1S/C15H25N3/c1-18-12-11-17-13-15(18)8-10-16-9-7-14-5-3-2-4-6-14/h2-6,15-17H,7-13H2,1H3. The average molecular weight is 247 g/mol. The summed E-state index contributed by atoms with van der Waals surface area (Å²) < 4.78 is 0. The van der Waals surface area contributed by atoms with Crippen LogP contribution < -0.4 is 10.6 Å². The van der Waals surface area contributed by atoms with Gasteiger partial charge in [0.1, 0.15) is 0 Å². The number of hydrogen-bond donors (Lipinski definition) is 2. The van der Waals surface area contributed by atoms with Crippen molar-refractivity contribution in [2.24, 2.45) is 0 Å². The molecule has 1 aromatic carbocycles. The molecule has 0 radical (unpaired) electrons. The Labute approximate surface area is 111 Å². The highest BCUT2D eigenvalue weighted by Crippen LogP contribution is 2.03. The number of hydrogen-bond acceptors (Lipinski definition) is 3. The molecule has 0 spiro atoms. The van der Waals surface area contributed by atoms with E-state index in [0.29, 0.717) is 6.04 Å². The Morgan fingerprint density at radius 1 is 1.28 bits per heavy atom. The Balaban J connectivity index is 1.56. The van der Waals surface area contributed by atoms with Crippen molar-refractivity contribution in [1.29, 1.82) is 0 Å². The lowest BCUT2D eigenvalue weighted by Gasteiger charge is -2.33. The first-order valence-corrected chi connectivity index (χ1v) is 7.02. The lowest BCUT2D eigenvalue weighted by Crippen LogP contribution is -2.50. The zero-order chi connectivity index (χ0) is 12.6. The summed E-state index contributed by atoms with van der Waals surface area (Å²) in [6.07, 6.45) is 2.36. The van der Waals surface area contributed by atoms with Crippen LogP contribution in [0.3, 0.4) is 0 Å². The van der Waals surface area contributed by atoms with Gasteiger partial charge < -0.3 is 15.5 Å². The van der Waals surface area contributed by atoms with Gasteiger partial charge in [-0.2, -0.15) is 0 Å². The maximum absolute atomic E-state index is 3.55. The molecule has 100 valence electrons. The number of nitrogens with zero attached hydrogens (tertiary/aromatic N) is 1. The van der Waals surface area contributed by atoms with Gasteiger partial charge in [-0.05, 0) is 38.5 Å². The molecule has 1 aliphatic heterocycles. The molecular formula is C15H25N3. The van der Waals surface area contributed by atoms with Crippen molar-refractivity contribution in [3.8, 4) is 0 Å². The van der Waals surface area contributed by atoms with Gasteiger partial charge in [0.25, 0.3) is 0 Å². The van der Waals surface area contributed by atoms with Gasteiger partial charge in [0.05, 0.1) is 0 Å². The van der Waals surface area contributed by atoms with Crippen molar-refractivity contribution in [1.82, 2.24) is 15.5 Å². The lowest BCUT2D eigenvalue weighted by atomic mass is 10.1. The topological polar surface area (TPSA) is 27.3 Å². The monoisotopic (exact) mass is 247 g/mol. The van der Waals surface area contributed by atoms with Crippen LogP contribution in [0.2, 0.25) is 0 Å². The highest BCUT2D eigenvalue weighted by atomic mass is 15.2. The molecule has 1 atom stereocenters. The van der Waals surface area contributed by atoms with E-state index in [1.807, 2.05) is 0 Å². The van der Waals surface area contributed by atoms with E-state index in [9.17, 15) is 0 Å². The smallest absolute Gasteiger partial charge is 0.0230 e. The molecule has 0 amide bonds. The molecule has 1 aliphatic rings. The first-order chi connectivity index (χ1) is 8.86. The third-order valence-electron chi connectivity index (χ3n) is 3.73. The summed E-state index contributed by atoms with van der Waals surface area (Å²) in [7, 11) is 2.23. The third-order valence-corrected chi connectivity index (χ3v) is 3.73. The molecule has 3 heteroatoms. The van der Waals surface area contributed by atoms with E-state index in [-0.39, 0.29) is 0 Å². The predicted octanol–water partition coefficient (Wildman–Crippen LogP) is 1.11. The molecule has 2 rings (SSSR count). The second-order valence-corrected chi connectivity index (χ2v) is 5.11. The van der Waals surface area contributed by atoms with Gasteiger partial charge in [0, 0.05) is 25.7 Å². The summed E-state index contributed by atoms with van der Waals surface area (Å²) in [5.41, 5.74) is 1.42. The van der Waals surface area contributed by atoms with Gasteiger partial charge >= 0.3 is 0 Å². The number of likely N-dealkylation sites (N-methyl/N-ethyl adjacent to an activating group) is 1. The van der Waals surface area contributed by atoms with E-state index in [1.165, 1.54) is 18.5 Å². The second-order valence-electron chi connectivity index (χ2n) is 5.11. The normalized spacial score (nSPS) is 21.1. The summed E-state index contributed by atoms with van der Waals surface area (Å²) in [6.45, 7) is 5.64. The average Bonchev–Trinajstić information content (AvgIpc) is 2.42. The number of benzene rings is 1. The van der Waals surface area contributed by atoms with Crippen LogP contribution in [0.15, 0.2) is 30.3 Å². The van der Waals surface area contributed by atoms with Crippen LogP contribution in [0, 0.1) is 0 Å². The highest BCUT2D eigenvalue weighted by molar-refractivity contribution is 5.14. The number of nitrogens with one attached hydrogen (secondary N) is 2. The Morgan fingerprint density at radius 2 is 2.11 bits per heavy atom. The first kappa shape index (κ1) is 13.5. The Morgan fingerprint density at radius 3 is 2.89 bits per heavy atom. The molecule has 1 unspecified atom stereocenters. The van der Waals surface area contributed by atoms with Crippen molar-refractivity contribution in [2.75, 3.05) is 39.8 Å². The largest absolute Gasteiger partial charge is 0.316 e. The SMILES string of the molecule is CN1CCNCC1CCNCCc1ccccc1. The molecule has 1 fully saturated rings. The van der Waals surface area contributed by atoms with Crippen LogP contribution in [0.25, 0.3) is 0 Å². The fraction of sp³-hybridized carbons (Fsp3) is 0.600. The maximum atomic E-state index is 3.55. The fourth-order valence-electron chi connectivity index (χ4n) is 2.46. The molecule has 1 aromatic rings. The molecule has 1 saturated heterocycles. The molecule has 0 saturated carbocycles. The Kier molecular flexibility index (Phi) is 5.65. The summed E-state index contributed by atoms with van der Waals surface area (Å²) in [6, 6.07) is 11.4.